The van der Waals surface area contributed by atoms with Gasteiger partial charge in [0.05, 0.1) is 18.6 Å². The summed E-state index contributed by atoms with van der Waals surface area (Å²) in [6.07, 6.45) is 2.70. The molecular weight excluding hydrogens is 440 g/mol. The van der Waals surface area contributed by atoms with Crippen molar-refractivity contribution in [1.29, 1.82) is 0 Å². The van der Waals surface area contributed by atoms with E-state index in [1.165, 1.54) is 30.5 Å². The smallest absolute Gasteiger partial charge is 0.379 e. The predicted molar refractivity (Wildman–Crippen MR) is 121 cm³/mol. The summed E-state index contributed by atoms with van der Waals surface area (Å²) in [6, 6.07) is 13.6. The summed E-state index contributed by atoms with van der Waals surface area (Å²) in [6.45, 7) is 3.79. The number of rotatable bonds is 6. The molecule has 1 aliphatic rings. The average molecular weight is 460 g/mol. The quantitative estimate of drug-likeness (QED) is 0.257. The summed E-state index contributed by atoms with van der Waals surface area (Å²) in [4.78, 5) is 51.2. The molecule has 172 valence electrons. The van der Waals surface area contributed by atoms with Crippen LogP contribution in [0.4, 0.5) is 10.5 Å². The number of amides is 4. The van der Waals surface area contributed by atoms with Gasteiger partial charge in [-0.3, -0.25) is 14.9 Å². The van der Waals surface area contributed by atoms with Gasteiger partial charge in [0.2, 0.25) is 5.76 Å². The number of carbonyl (C=O) groups is 4. The van der Waals surface area contributed by atoms with Gasteiger partial charge < -0.3 is 13.9 Å². The number of benzene rings is 2. The van der Waals surface area contributed by atoms with E-state index in [2.05, 4.69) is 5.32 Å². The fourth-order valence-electron chi connectivity index (χ4n) is 3.37. The maximum absolute atomic E-state index is 13.1. The molecule has 4 amide bonds. The molecule has 3 aromatic rings. The molecule has 1 aromatic heterocycles. The van der Waals surface area contributed by atoms with Crippen LogP contribution in [0.25, 0.3) is 6.08 Å². The van der Waals surface area contributed by atoms with Gasteiger partial charge in [-0.2, -0.15) is 0 Å². The van der Waals surface area contributed by atoms with Crippen molar-refractivity contribution in [3.05, 3.63) is 83.3 Å². The number of ether oxygens (including phenoxy) is 2. The van der Waals surface area contributed by atoms with E-state index >= 15 is 0 Å². The summed E-state index contributed by atoms with van der Waals surface area (Å²) in [5, 5.41) is 2.20. The molecule has 34 heavy (non-hydrogen) atoms. The molecule has 1 aliphatic heterocycles. The first kappa shape index (κ1) is 22.5. The third kappa shape index (κ3) is 4.44. The van der Waals surface area contributed by atoms with Gasteiger partial charge in [-0.05, 0) is 61.4 Å². The van der Waals surface area contributed by atoms with Crippen LogP contribution in [0, 0.1) is 6.92 Å². The topological polar surface area (TPSA) is 115 Å². The van der Waals surface area contributed by atoms with Crippen molar-refractivity contribution in [3.63, 3.8) is 0 Å². The molecule has 1 fully saturated rings. The minimum atomic E-state index is -0.823. The summed E-state index contributed by atoms with van der Waals surface area (Å²) in [5.74, 6) is -1.88. The van der Waals surface area contributed by atoms with Crippen molar-refractivity contribution in [3.8, 4) is 11.5 Å². The number of nitrogens with one attached hydrogen (secondary N) is 1. The molecule has 2 heterocycles. The fraction of sp³-hybridized carbons (Fsp3) is 0.120. The first-order chi connectivity index (χ1) is 16.4. The lowest BCUT2D eigenvalue weighted by molar-refractivity contribution is -0.122. The van der Waals surface area contributed by atoms with Crippen molar-refractivity contribution in [1.82, 2.24) is 5.32 Å². The van der Waals surface area contributed by atoms with E-state index in [9.17, 15) is 19.2 Å². The molecule has 2 aromatic carbocycles. The van der Waals surface area contributed by atoms with Gasteiger partial charge in [-0.25, -0.2) is 14.5 Å². The van der Waals surface area contributed by atoms with E-state index in [4.69, 9.17) is 13.9 Å². The Morgan fingerprint density at radius 1 is 1.06 bits per heavy atom. The highest BCUT2D eigenvalue weighted by Crippen LogP contribution is 2.31. The molecule has 0 saturated carbocycles. The van der Waals surface area contributed by atoms with Gasteiger partial charge in [-0.15, -0.1) is 0 Å². The maximum atomic E-state index is 13.1. The SMILES string of the molecule is CCOc1cc(/C=C2\C(=O)NC(=O)N(c3ccccc3C)C2=O)ccc1OC(=O)c1ccco1. The maximum Gasteiger partial charge on any atom is 0.379 e. The van der Waals surface area contributed by atoms with Crippen LogP contribution in [0.1, 0.15) is 28.6 Å². The van der Waals surface area contributed by atoms with E-state index in [1.54, 1.807) is 50.2 Å². The van der Waals surface area contributed by atoms with Crippen LogP contribution in [0.3, 0.4) is 0 Å². The van der Waals surface area contributed by atoms with Crippen molar-refractivity contribution in [2.45, 2.75) is 13.8 Å². The molecule has 0 bridgehead atoms. The molecule has 0 radical (unpaired) electrons. The Morgan fingerprint density at radius 2 is 1.85 bits per heavy atom. The van der Waals surface area contributed by atoms with Crippen LogP contribution in [0.2, 0.25) is 0 Å². The predicted octanol–water partition coefficient (Wildman–Crippen LogP) is 3.87. The van der Waals surface area contributed by atoms with Gasteiger partial charge in [-0.1, -0.05) is 24.3 Å². The Kier molecular flexibility index (Phi) is 6.26. The van der Waals surface area contributed by atoms with Crippen LogP contribution in [-0.4, -0.2) is 30.4 Å². The third-order valence-corrected chi connectivity index (χ3v) is 4.96. The van der Waals surface area contributed by atoms with E-state index in [1.807, 2.05) is 0 Å². The normalized spacial score (nSPS) is 14.8. The molecule has 1 N–H and O–H groups in total. The number of hydrogen-bond donors (Lipinski definition) is 1. The number of carbonyl (C=O) groups excluding carboxylic acids is 4. The van der Waals surface area contributed by atoms with Gasteiger partial charge in [0.25, 0.3) is 11.8 Å². The number of urea groups is 1. The fourth-order valence-corrected chi connectivity index (χ4v) is 3.37. The molecule has 0 unspecified atom stereocenters. The molecule has 0 spiro atoms. The highest BCUT2D eigenvalue weighted by molar-refractivity contribution is 6.39. The number of imide groups is 2. The molecule has 0 atom stereocenters. The molecule has 0 aliphatic carbocycles. The van der Waals surface area contributed by atoms with Crippen LogP contribution >= 0.6 is 0 Å². The summed E-state index contributed by atoms with van der Waals surface area (Å²) >= 11 is 0. The lowest BCUT2D eigenvalue weighted by Crippen LogP contribution is -2.54. The number of aryl methyl sites for hydroxylation is 1. The number of furan rings is 1. The first-order valence-electron chi connectivity index (χ1n) is 10.4. The molecule has 9 heteroatoms. The van der Waals surface area contributed by atoms with Crippen LogP contribution in [0.5, 0.6) is 11.5 Å². The summed E-state index contributed by atoms with van der Waals surface area (Å²) < 4.78 is 16.0. The van der Waals surface area contributed by atoms with Gasteiger partial charge in [0, 0.05) is 0 Å². The lowest BCUT2D eigenvalue weighted by Gasteiger charge is -2.27. The Hall–Kier alpha value is -4.66. The molecular formula is C25H20N2O7. The highest BCUT2D eigenvalue weighted by atomic mass is 16.6. The van der Waals surface area contributed by atoms with Crippen molar-refractivity contribution in [2.75, 3.05) is 11.5 Å². The van der Waals surface area contributed by atoms with E-state index in [-0.39, 0.29) is 29.4 Å². The number of nitrogens with zero attached hydrogens (tertiary/aromatic N) is 1. The number of para-hydroxylation sites is 1. The van der Waals surface area contributed by atoms with E-state index in [0.717, 1.165) is 4.90 Å². The van der Waals surface area contributed by atoms with E-state index in [0.29, 0.717) is 16.8 Å². The summed E-state index contributed by atoms with van der Waals surface area (Å²) in [7, 11) is 0. The van der Waals surface area contributed by atoms with E-state index < -0.39 is 23.8 Å². The second kappa shape index (κ2) is 9.45. The highest BCUT2D eigenvalue weighted by Gasteiger charge is 2.37. The lowest BCUT2D eigenvalue weighted by atomic mass is 10.1. The van der Waals surface area contributed by atoms with Gasteiger partial charge >= 0.3 is 12.0 Å². The zero-order valence-electron chi connectivity index (χ0n) is 18.4. The van der Waals surface area contributed by atoms with Crippen LogP contribution in [-0.2, 0) is 9.59 Å². The monoisotopic (exact) mass is 460 g/mol. The minimum absolute atomic E-state index is 0.0269. The second-order valence-electron chi connectivity index (χ2n) is 7.25. The van der Waals surface area contributed by atoms with Crippen molar-refractivity contribution in [2.24, 2.45) is 0 Å². The van der Waals surface area contributed by atoms with Gasteiger partial charge in [0.15, 0.2) is 11.5 Å². The molecule has 1 saturated heterocycles. The number of anilines is 1. The summed E-state index contributed by atoms with van der Waals surface area (Å²) in [5.41, 5.74) is 1.27. The first-order valence-corrected chi connectivity index (χ1v) is 10.4. The Balaban J connectivity index is 1.66. The molecule has 9 nitrogen and oxygen atoms in total. The van der Waals surface area contributed by atoms with Gasteiger partial charge in [0.1, 0.15) is 5.57 Å². The number of esters is 1. The second-order valence-corrected chi connectivity index (χ2v) is 7.25. The minimum Gasteiger partial charge on any atom is -0.490 e. The standard InChI is InChI=1S/C25H20N2O7/c1-3-32-21-14-16(10-11-19(21)34-24(30)20-9-6-12-33-20)13-17-22(28)26-25(31)27(23(17)29)18-8-5-4-7-15(18)2/h4-14H,3H2,1-2H3,(H,26,28,31)/b17-13+. The van der Waals surface area contributed by atoms with Crippen molar-refractivity contribution >= 4 is 35.6 Å². The average Bonchev–Trinajstić information content (AvgIpc) is 3.35. The third-order valence-electron chi connectivity index (χ3n) is 4.96. The Bertz CT molecular complexity index is 1310. The van der Waals surface area contributed by atoms with Crippen LogP contribution in [0.15, 0.2) is 70.9 Å². The zero-order chi connectivity index (χ0) is 24.2. The largest absolute Gasteiger partial charge is 0.490 e. The Labute approximate surface area is 194 Å². The van der Waals surface area contributed by atoms with Crippen molar-refractivity contribution < 1.29 is 33.1 Å². The number of hydrogen-bond acceptors (Lipinski definition) is 7. The van der Waals surface area contributed by atoms with Crippen LogP contribution < -0.4 is 19.7 Å². The zero-order valence-corrected chi connectivity index (χ0v) is 18.4. The Morgan fingerprint density at radius 3 is 2.56 bits per heavy atom. The molecule has 4 rings (SSSR count). The number of barbiturate groups is 1.